The molecule has 2 aromatic carbocycles. The molecule has 7 heteroatoms. The van der Waals surface area contributed by atoms with E-state index in [1.807, 2.05) is 0 Å². The Labute approximate surface area is 147 Å². The monoisotopic (exact) mass is 359 g/mol. The predicted octanol–water partition coefficient (Wildman–Crippen LogP) is 5.01. The number of halogens is 3. The molecule has 0 bridgehead atoms. The van der Waals surface area contributed by atoms with Gasteiger partial charge in [0.2, 0.25) is 0 Å². The number of aromatic nitrogens is 1. The molecule has 1 aromatic heterocycles. The Morgan fingerprint density at radius 3 is 2.44 bits per heavy atom. The second kappa shape index (κ2) is 7.27. The Kier molecular flexibility index (Phi) is 4.90. The number of carbonyl (C=O) groups is 1. The summed E-state index contributed by atoms with van der Waals surface area (Å²) >= 11 is 5.71. The third-order valence-corrected chi connectivity index (χ3v) is 3.63. The first-order valence-electron chi connectivity index (χ1n) is 7.27. The molecule has 2 N–H and O–H groups in total. The van der Waals surface area contributed by atoms with Crippen LogP contribution in [0.4, 0.5) is 26.0 Å². The first-order chi connectivity index (χ1) is 12.0. The number of hydrogen-bond acceptors (Lipinski definition) is 3. The van der Waals surface area contributed by atoms with E-state index in [1.165, 1.54) is 48.7 Å². The molecule has 0 atom stereocenters. The molecule has 0 aliphatic heterocycles. The van der Waals surface area contributed by atoms with Crippen molar-refractivity contribution in [2.45, 2.75) is 0 Å². The van der Waals surface area contributed by atoms with E-state index in [0.29, 0.717) is 17.2 Å². The number of nitrogens with one attached hydrogen (secondary N) is 2. The minimum absolute atomic E-state index is 0.0892. The predicted molar refractivity (Wildman–Crippen MR) is 93.3 cm³/mol. The highest BCUT2D eigenvalue weighted by molar-refractivity contribution is 6.31. The minimum atomic E-state index is -0.570. The van der Waals surface area contributed by atoms with E-state index in [-0.39, 0.29) is 16.4 Å². The van der Waals surface area contributed by atoms with Crippen molar-refractivity contribution in [3.63, 3.8) is 0 Å². The zero-order valence-electron chi connectivity index (χ0n) is 12.8. The molecular formula is C18H12ClF2N3O. The van der Waals surface area contributed by atoms with Gasteiger partial charge in [-0.2, -0.15) is 0 Å². The number of carbonyl (C=O) groups excluding carboxylic acids is 1. The van der Waals surface area contributed by atoms with Crippen molar-refractivity contribution in [2.24, 2.45) is 0 Å². The van der Waals surface area contributed by atoms with Crippen LogP contribution in [-0.2, 0) is 0 Å². The number of anilines is 3. The Morgan fingerprint density at radius 1 is 1.00 bits per heavy atom. The third kappa shape index (κ3) is 4.10. The molecule has 1 heterocycles. The lowest BCUT2D eigenvalue weighted by Gasteiger charge is -2.11. The maximum Gasteiger partial charge on any atom is 0.259 e. The van der Waals surface area contributed by atoms with Gasteiger partial charge in [-0.05, 0) is 54.6 Å². The van der Waals surface area contributed by atoms with Crippen LogP contribution in [0.2, 0.25) is 5.02 Å². The highest BCUT2D eigenvalue weighted by atomic mass is 35.5. The second-order valence-corrected chi connectivity index (χ2v) is 5.52. The van der Waals surface area contributed by atoms with Gasteiger partial charge in [-0.3, -0.25) is 4.79 Å². The molecule has 3 aromatic rings. The summed E-state index contributed by atoms with van der Waals surface area (Å²) < 4.78 is 26.2. The van der Waals surface area contributed by atoms with Gasteiger partial charge in [-0.1, -0.05) is 11.6 Å². The summed E-state index contributed by atoms with van der Waals surface area (Å²) in [4.78, 5) is 16.6. The smallest absolute Gasteiger partial charge is 0.259 e. The zero-order chi connectivity index (χ0) is 17.8. The molecular weight excluding hydrogens is 348 g/mol. The normalized spacial score (nSPS) is 10.4. The molecule has 4 nitrogen and oxygen atoms in total. The highest BCUT2D eigenvalue weighted by Crippen LogP contribution is 2.22. The van der Waals surface area contributed by atoms with Crippen LogP contribution in [0, 0.1) is 11.6 Å². The summed E-state index contributed by atoms with van der Waals surface area (Å²) in [6.45, 7) is 0. The number of pyridine rings is 1. The van der Waals surface area contributed by atoms with Gasteiger partial charge in [0.05, 0.1) is 10.6 Å². The van der Waals surface area contributed by atoms with E-state index in [0.717, 1.165) is 0 Å². The number of benzene rings is 2. The van der Waals surface area contributed by atoms with E-state index in [1.54, 1.807) is 12.1 Å². The lowest BCUT2D eigenvalue weighted by Crippen LogP contribution is -2.14. The summed E-state index contributed by atoms with van der Waals surface area (Å²) in [5.41, 5.74) is 1.21. The van der Waals surface area contributed by atoms with Gasteiger partial charge in [-0.25, -0.2) is 13.8 Å². The first-order valence-corrected chi connectivity index (χ1v) is 7.65. The van der Waals surface area contributed by atoms with Gasteiger partial charge < -0.3 is 10.6 Å². The number of nitrogens with zero attached hydrogens (tertiary/aromatic N) is 1. The maximum atomic E-state index is 13.2. The average molecular weight is 360 g/mol. The molecule has 1 amide bonds. The van der Waals surface area contributed by atoms with Crippen LogP contribution in [0.5, 0.6) is 0 Å². The minimum Gasteiger partial charge on any atom is -0.340 e. The third-order valence-electron chi connectivity index (χ3n) is 3.34. The number of hydrogen-bond donors (Lipinski definition) is 2. The van der Waals surface area contributed by atoms with Crippen molar-refractivity contribution < 1.29 is 13.6 Å². The largest absolute Gasteiger partial charge is 0.340 e. The molecule has 0 unspecified atom stereocenters. The molecule has 3 rings (SSSR count). The fourth-order valence-corrected chi connectivity index (χ4v) is 2.31. The Hall–Kier alpha value is -2.99. The molecule has 0 fully saturated rings. The molecule has 0 saturated carbocycles. The van der Waals surface area contributed by atoms with Gasteiger partial charge in [-0.15, -0.1) is 0 Å². The fourth-order valence-electron chi connectivity index (χ4n) is 2.13. The number of amides is 1. The molecule has 0 spiro atoms. The van der Waals surface area contributed by atoms with Crippen LogP contribution in [0.15, 0.2) is 60.8 Å². The van der Waals surface area contributed by atoms with Crippen LogP contribution in [0.3, 0.4) is 0 Å². The molecule has 0 radical (unpaired) electrons. The van der Waals surface area contributed by atoms with Crippen molar-refractivity contribution in [3.8, 4) is 0 Å². The van der Waals surface area contributed by atoms with E-state index in [4.69, 9.17) is 11.6 Å². The molecule has 0 aliphatic carbocycles. The highest BCUT2D eigenvalue weighted by Gasteiger charge is 2.13. The van der Waals surface area contributed by atoms with E-state index >= 15 is 0 Å². The van der Waals surface area contributed by atoms with Crippen molar-refractivity contribution in [3.05, 3.63) is 83.0 Å². The Morgan fingerprint density at radius 2 is 1.72 bits per heavy atom. The SMILES string of the molecule is O=C(Nc1ccc(F)c(Cl)c1)c1cccnc1Nc1ccc(F)cc1. The van der Waals surface area contributed by atoms with E-state index in [9.17, 15) is 13.6 Å². The van der Waals surface area contributed by atoms with E-state index in [2.05, 4.69) is 15.6 Å². The van der Waals surface area contributed by atoms with Gasteiger partial charge in [0.25, 0.3) is 5.91 Å². The van der Waals surface area contributed by atoms with Gasteiger partial charge in [0.1, 0.15) is 17.5 Å². The second-order valence-electron chi connectivity index (χ2n) is 5.11. The van der Waals surface area contributed by atoms with Crippen LogP contribution >= 0.6 is 11.6 Å². The number of rotatable bonds is 4. The van der Waals surface area contributed by atoms with Gasteiger partial charge in [0.15, 0.2) is 0 Å². The lowest BCUT2D eigenvalue weighted by atomic mass is 10.2. The van der Waals surface area contributed by atoms with Gasteiger partial charge in [0, 0.05) is 17.6 Å². The summed E-state index contributed by atoms with van der Waals surface area (Å²) in [6, 6.07) is 12.7. The molecule has 126 valence electrons. The zero-order valence-corrected chi connectivity index (χ0v) is 13.5. The summed E-state index contributed by atoms with van der Waals surface area (Å²) in [5, 5.41) is 5.50. The van der Waals surface area contributed by atoms with Crippen molar-refractivity contribution in [1.82, 2.24) is 4.98 Å². The maximum absolute atomic E-state index is 13.2. The fraction of sp³-hybridized carbons (Fsp3) is 0. The quantitative estimate of drug-likeness (QED) is 0.688. The topological polar surface area (TPSA) is 54.0 Å². The molecule has 0 aliphatic rings. The molecule has 0 saturated heterocycles. The molecule has 25 heavy (non-hydrogen) atoms. The van der Waals surface area contributed by atoms with Crippen LogP contribution < -0.4 is 10.6 Å². The van der Waals surface area contributed by atoms with Crippen LogP contribution in [-0.4, -0.2) is 10.9 Å². The Bertz CT molecular complexity index is 916. The lowest BCUT2D eigenvalue weighted by molar-refractivity contribution is 0.102. The van der Waals surface area contributed by atoms with Crippen molar-refractivity contribution >= 4 is 34.7 Å². The summed E-state index contributed by atoms with van der Waals surface area (Å²) in [6.07, 6.45) is 1.53. The standard InChI is InChI=1S/C18H12ClF2N3O/c19-15-10-13(7-8-16(15)21)24-18(25)14-2-1-9-22-17(14)23-12-5-3-11(20)4-6-12/h1-10H,(H,22,23)(H,24,25). The Balaban J connectivity index is 1.82. The van der Waals surface area contributed by atoms with Crippen LogP contribution in [0.25, 0.3) is 0 Å². The van der Waals surface area contributed by atoms with Gasteiger partial charge >= 0.3 is 0 Å². The van der Waals surface area contributed by atoms with Crippen LogP contribution in [0.1, 0.15) is 10.4 Å². The average Bonchev–Trinajstić information content (AvgIpc) is 2.60. The van der Waals surface area contributed by atoms with Crippen molar-refractivity contribution in [1.29, 1.82) is 0 Å². The summed E-state index contributed by atoms with van der Waals surface area (Å²) in [7, 11) is 0. The van der Waals surface area contributed by atoms with Crippen molar-refractivity contribution in [2.75, 3.05) is 10.6 Å². The summed E-state index contributed by atoms with van der Waals surface area (Å²) in [5.74, 6) is -1.07. The van der Waals surface area contributed by atoms with E-state index < -0.39 is 11.7 Å². The first kappa shape index (κ1) is 16.9.